The molecule has 0 unspecified atom stereocenters. The predicted octanol–water partition coefficient (Wildman–Crippen LogP) is 2.76. The Kier molecular flexibility index (Phi) is 4.42. The van der Waals surface area contributed by atoms with E-state index in [0.29, 0.717) is 24.3 Å². The molecule has 0 radical (unpaired) electrons. The number of anilines is 1. The van der Waals surface area contributed by atoms with Crippen molar-refractivity contribution in [3.05, 3.63) is 47.5 Å². The first kappa shape index (κ1) is 16.7. The normalized spacial score (nSPS) is 15.6. The van der Waals surface area contributed by atoms with Gasteiger partial charge in [0, 0.05) is 18.8 Å². The standard InChI is InChI=1S/C16H17FN2O4S/c1-11-4-5-12(17)10-13(11)18-16(20)14-6-7-15(23-14)24(21,22)19-8-2-3-9-19/h4-7,10H,2-3,8-9H2,1H3,(H,18,20). The lowest BCUT2D eigenvalue weighted by atomic mass is 10.2. The highest BCUT2D eigenvalue weighted by atomic mass is 32.2. The van der Waals surface area contributed by atoms with Crippen LogP contribution in [-0.4, -0.2) is 31.7 Å². The van der Waals surface area contributed by atoms with Gasteiger partial charge in [0.25, 0.3) is 15.9 Å². The molecule has 1 aliphatic heterocycles. The summed E-state index contributed by atoms with van der Waals surface area (Å²) in [5, 5.41) is 2.26. The van der Waals surface area contributed by atoms with Crippen molar-refractivity contribution in [2.75, 3.05) is 18.4 Å². The number of rotatable bonds is 4. The minimum Gasteiger partial charge on any atom is -0.438 e. The van der Waals surface area contributed by atoms with E-state index < -0.39 is 21.7 Å². The molecule has 1 N–H and O–H groups in total. The predicted molar refractivity (Wildman–Crippen MR) is 85.8 cm³/mol. The maximum absolute atomic E-state index is 13.3. The molecule has 0 spiro atoms. The van der Waals surface area contributed by atoms with E-state index in [2.05, 4.69) is 5.32 Å². The minimum absolute atomic E-state index is 0.142. The van der Waals surface area contributed by atoms with Crippen LogP contribution in [0, 0.1) is 12.7 Å². The average molecular weight is 352 g/mol. The summed E-state index contributed by atoms with van der Waals surface area (Å²) in [6, 6.07) is 6.58. The third kappa shape index (κ3) is 3.20. The molecular formula is C16H17FN2O4S. The van der Waals surface area contributed by atoms with Crippen molar-refractivity contribution in [1.82, 2.24) is 4.31 Å². The summed E-state index contributed by atoms with van der Waals surface area (Å²) in [6.45, 7) is 2.63. The molecule has 0 bridgehead atoms. The molecular weight excluding hydrogens is 335 g/mol. The molecule has 0 aliphatic carbocycles. The number of nitrogens with one attached hydrogen (secondary N) is 1. The zero-order valence-corrected chi connectivity index (χ0v) is 13.9. The number of sulfonamides is 1. The highest BCUT2D eigenvalue weighted by molar-refractivity contribution is 7.89. The summed E-state index contributed by atoms with van der Waals surface area (Å²) >= 11 is 0. The van der Waals surface area contributed by atoms with Gasteiger partial charge in [-0.2, -0.15) is 4.31 Å². The summed E-state index contributed by atoms with van der Waals surface area (Å²) in [5.41, 5.74) is 0.988. The number of furan rings is 1. The van der Waals surface area contributed by atoms with Crippen molar-refractivity contribution in [2.45, 2.75) is 24.9 Å². The van der Waals surface area contributed by atoms with Gasteiger partial charge in [-0.15, -0.1) is 0 Å². The van der Waals surface area contributed by atoms with Crippen molar-refractivity contribution >= 4 is 21.6 Å². The number of benzene rings is 1. The van der Waals surface area contributed by atoms with Crippen molar-refractivity contribution in [1.29, 1.82) is 0 Å². The van der Waals surface area contributed by atoms with Crippen molar-refractivity contribution in [3.8, 4) is 0 Å². The van der Waals surface area contributed by atoms with E-state index in [9.17, 15) is 17.6 Å². The number of carbonyl (C=O) groups excluding carboxylic acids is 1. The SMILES string of the molecule is Cc1ccc(F)cc1NC(=O)c1ccc(S(=O)(=O)N2CCCC2)o1. The van der Waals surface area contributed by atoms with Crippen LogP contribution in [0.15, 0.2) is 39.8 Å². The number of carbonyl (C=O) groups is 1. The lowest BCUT2D eigenvalue weighted by Crippen LogP contribution is -2.27. The van der Waals surface area contributed by atoms with Crippen LogP contribution in [0.1, 0.15) is 29.0 Å². The topological polar surface area (TPSA) is 79.6 Å². The monoisotopic (exact) mass is 352 g/mol. The van der Waals surface area contributed by atoms with Gasteiger partial charge in [0.15, 0.2) is 5.76 Å². The Morgan fingerprint density at radius 3 is 2.62 bits per heavy atom. The molecule has 1 aromatic heterocycles. The Labute approximate surface area is 139 Å². The van der Waals surface area contributed by atoms with E-state index in [-0.39, 0.29) is 10.9 Å². The van der Waals surface area contributed by atoms with Gasteiger partial charge in [-0.3, -0.25) is 4.79 Å². The minimum atomic E-state index is -3.71. The second-order valence-electron chi connectivity index (χ2n) is 5.64. The van der Waals surface area contributed by atoms with Crippen LogP contribution in [0.5, 0.6) is 0 Å². The second-order valence-corrected chi connectivity index (χ2v) is 7.51. The fourth-order valence-corrected chi connectivity index (χ4v) is 3.98. The van der Waals surface area contributed by atoms with Gasteiger partial charge in [0.2, 0.25) is 5.09 Å². The van der Waals surface area contributed by atoms with Crippen LogP contribution in [0.3, 0.4) is 0 Å². The third-order valence-corrected chi connectivity index (χ3v) is 5.69. The van der Waals surface area contributed by atoms with E-state index in [4.69, 9.17) is 4.42 Å². The van der Waals surface area contributed by atoms with Gasteiger partial charge >= 0.3 is 0 Å². The lowest BCUT2D eigenvalue weighted by Gasteiger charge is -2.12. The summed E-state index contributed by atoms with van der Waals surface area (Å²) in [5.74, 6) is -1.25. The van der Waals surface area contributed by atoms with Crippen LogP contribution in [0.25, 0.3) is 0 Å². The molecule has 6 nitrogen and oxygen atoms in total. The molecule has 24 heavy (non-hydrogen) atoms. The van der Waals surface area contributed by atoms with E-state index in [1.54, 1.807) is 6.92 Å². The summed E-state index contributed by atoms with van der Waals surface area (Å²) in [7, 11) is -3.71. The second kappa shape index (κ2) is 6.37. The smallest absolute Gasteiger partial charge is 0.291 e. The first-order valence-corrected chi connectivity index (χ1v) is 8.99. The molecule has 128 valence electrons. The van der Waals surface area contributed by atoms with E-state index in [1.165, 1.54) is 34.6 Å². The van der Waals surface area contributed by atoms with Crippen LogP contribution in [0.4, 0.5) is 10.1 Å². The number of hydrogen-bond acceptors (Lipinski definition) is 4. The number of aryl methyl sites for hydroxylation is 1. The highest BCUT2D eigenvalue weighted by Crippen LogP contribution is 2.23. The van der Waals surface area contributed by atoms with Crippen molar-refractivity contribution in [2.24, 2.45) is 0 Å². The summed E-state index contributed by atoms with van der Waals surface area (Å²) in [4.78, 5) is 12.2. The Hall–Kier alpha value is -2.19. The van der Waals surface area contributed by atoms with Crippen molar-refractivity contribution in [3.63, 3.8) is 0 Å². The highest BCUT2D eigenvalue weighted by Gasteiger charge is 2.30. The summed E-state index contributed by atoms with van der Waals surface area (Å²) in [6.07, 6.45) is 1.62. The van der Waals surface area contributed by atoms with Crippen LogP contribution in [-0.2, 0) is 10.0 Å². The summed E-state index contributed by atoms with van der Waals surface area (Å²) < 4.78 is 44.6. The number of amides is 1. The molecule has 2 aromatic rings. The number of nitrogens with zero attached hydrogens (tertiary/aromatic N) is 1. The fourth-order valence-electron chi connectivity index (χ4n) is 2.55. The average Bonchev–Trinajstić information content (AvgIpc) is 3.22. The molecule has 1 aromatic carbocycles. The maximum Gasteiger partial charge on any atom is 0.291 e. The molecule has 0 saturated carbocycles. The van der Waals surface area contributed by atoms with E-state index in [1.807, 2.05) is 0 Å². The largest absolute Gasteiger partial charge is 0.438 e. The van der Waals surface area contributed by atoms with Crippen LogP contribution >= 0.6 is 0 Å². The van der Waals surface area contributed by atoms with Gasteiger partial charge in [-0.1, -0.05) is 6.07 Å². The van der Waals surface area contributed by atoms with E-state index >= 15 is 0 Å². The van der Waals surface area contributed by atoms with Crippen LogP contribution in [0.2, 0.25) is 0 Å². The zero-order chi connectivity index (χ0) is 17.3. The fraction of sp³-hybridized carbons (Fsp3) is 0.312. The Balaban J connectivity index is 1.80. The van der Waals surface area contributed by atoms with E-state index in [0.717, 1.165) is 12.8 Å². The molecule has 2 heterocycles. The molecule has 1 fully saturated rings. The molecule has 1 aliphatic rings. The molecule has 1 saturated heterocycles. The number of halogens is 1. The lowest BCUT2D eigenvalue weighted by molar-refractivity contribution is 0.0991. The first-order chi connectivity index (χ1) is 11.4. The quantitative estimate of drug-likeness (QED) is 0.918. The first-order valence-electron chi connectivity index (χ1n) is 7.55. The Bertz CT molecular complexity index is 870. The third-order valence-electron chi connectivity index (χ3n) is 3.91. The molecule has 3 rings (SSSR count). The van der Waals surface area contributed by atoms with Gasteiger partial charge in [0.05, 0.1) is 0 Å². The maximum atomic E-state index is 13.3. The van der Waals surface area contributed by atoms with Gasteiger partial charge in [-0.25, -0.2) is 12.8 Å². The van der Waals surface area contributed by atoms with Gasteiger partial charge in [-0.05, 0) is 49.6 Å². The van der Waals surface area contributed by atoms with Gasteiger partial charge < -0.3 is 9.73 Å². The molecule has 0 atom stereocenters. The Morgan fingerprint density at radius 2 is 1.92 bits per heavy atom. The number of hydrogen-bond donors (Lipinski definition) is 1. The Morgan fingerprint density at radius 1 is 1.21 bits per heavy atom. The molecule has 8 heteroatoms. The zero-order valence-electron chi connectivity index (χ0n) is 13.1. The molecule has 1 amide bonds. The van der Waals surface area contributed by atoms with Crippen LogP contribution < -0.4 is 5.32 Å². The van der Waals surface area contributed by atoms with Crippen molar-refractivity contribution < 1.29 is 22.0 Å². The van der Waals surface area contributed by atoms with Gasteiger partial charge in [0.1, 0.15) is 5.82 Å².